The van der Waals surface area contributed by atoms with Crippen LogP contribution in [0.5, 0.6) is 11.5 Å². The second-order valence-electron chi connectivity index (χ2n) is 4.05. The number of nitrogens with zero attached hydrogens (tertiary/aromatic N) is 2. The minimum Gasteiger partial charge on any atom is -0.493 e. The maximum atomic E-state index is 9.32. The maximum absolute atomic E-state index is 9.32. The minimum absolute atomic E-state index is 0.509. The Kier molecular flexibility index (Phi) is 4.38. The molecule has 0 spiro atoms. The first-order valence-electron chi connectivity index (χ1n) is 5.95. The van der Waals surface area contributed by atoms with Crippen molar-refractivity contribution in [1.82, 2.24) is 4.98 Å². The van der Waals surface area contributed by atoms with Crippen LogP contribution in [0.2, 0.25) is 0 Å². The van der Waals surface area contributed by atoms with Gasteiger partial charge < -0.3 is 9.47 Å². The number of benzene rings is 1. The summed E-state index contributed by atoms with van der Waals surface area (Å²) < 4.78 is 10.6. The number of allylic oxidation sites excluding steroid dienone is 1. The summed E-state index contributed by atoms with van der Waals surface area (Å²) in [5, 5.41) is 11.9. The van der Waals surface area contributed by atoms with Crippen molar-refractivity contribution in [3.63, 3.8) is 0 Å². The van der Waals surface area contributed by atoms with Gasteiger partial charge in [-0.05, 0) is 19.1 Å². The molecule has 0 saturated carbocycles. The van der Waals surface area contributed by atoms with Gasteiger partial charge >= 0.3 is 0 Å². The van der Waals surface area contributed by atoms with Crippen LogP contribution in [0, 0.1) is 18.3 Å². The van der Waals surface area contributed by atoms with E-state index in [4.69, 9.17) is 9.47 Å². The molecule has 0 aliphatic rings. The van der Waals surface area contributed by atoms with E-state index in [0.29, 0.717) is 22.1 Å². The van der Waals surface area contributed by atoms with Gasteiger partial charge in [0.25, 0.3) is 0 Å². The maximum Gasteiger partial charge on any atom is 0.167 e. The minimum atomic E-state index is 0.509. The van der Waals surface area contributed by atoms with Gasteiger partial charge in [-0.2, -0.15) is 5.26 Å². The SMILES string of the molecule is COc1cccc(/C=C(/C#N)c2nc(C)cs2)c1OC. The van der Waals surface area contributed by atoms with Crippen molar-refractivity contribution in [1.29, 1.82) is 5.26 Å². The van der Waals surface area contributed by atoms with Gasteiger partial charge in [0.15, 0.2) is 11.5 Å². The Balaban J connectivity index is 2.51. The smallest absolute Gasteiger partial charge is 0.167 e. The summed E-state index contributed by atoms with van der Waals surface area (Å²) in [6.45, 7) is 1.90. The van der Waals surface area contributed by atoms with Crippen molar-refractivity contribution >= 4 is 23.0 Å². The lowest BCUT2D eigenvalue weighted by Gasteiger charge is -2.10. The Hall–Kier alpha value is -2.32. The van der Waals surface area contributed by atoms with E-state index in [0.717, 1.165) is 11.3 Å². The van der Waals surface area contributed by atoms with E-state index in [1.54, 1.807) is 20.3 Å². The third-order valence-electron chi connectivity index (χ3n) is 2.70. The number of ether oxygens (including phenoxy) is 2. The second kappa shape index (κ2) is 6.22. The number of para-hydroxylation sites is 1. The molecule has 1 heterocycles. The molecule has 2 aromatic rings. The Bertz CT molecular complexity index is 683. The summed E-state index contributed by atoms with van der Waals surface area (Å²) >= 11 is 1.45. The lowest BCUT2D eigenvalue weighted by Crippen LogP contribution is -1.93. The van der Waals surface area contributed by atoms with Gasteiger partial charge in [0, 0.05) is 16.6 Å². The van der Waals surface area contributed by atoms with Crippen LogP contribution in [-0.4, -0.2) is 19.2 Å². The molecule has 0 amide bonds. The van der Waals surface area contributed by atoms with Gasteiger partial charge in [-0.1, -0.05) is 12.1 Å². The Morgan fingerprint density at radius 2 is 2.15 bits per heavy atom. The first-order valence-corrected chi connectivity index (χ1v) is 6.83. The highest BCUT2D eigenvalue weighted by Crippen LogP contribution is 2.33. The van der Waals surface area contributed by atoms with E-state index in [1.165, 1.54) is 11.3 Å². The summed E-state index contributed by atoms with van der Waals surface area (Å²) in [4.78, 5) is 4.33. The molecule has 20 heavy (non-hydrogen) atoms. The molecule has 0 aliphatic heterocycles. The highest BCUT2D eigenvalue weighted by molar-refractivity contribution is 7.11. The van der Waals surface area contributed by atoms with Gasteiger partial charge in [-0.3, -0.25) is 0 Å². The molecular formula is C15H14N2O2S. The van der Waals surface area contributed by atoms with Crippen LogP contribution in [0.15, 0.2) is 23.6 Å². The number of hydrogen-bond acceptors (Lipinski definition) is 5. The molecular weight excluding hydrogens is 272 g/mol. The number of aromatic nitrogens is 1. The van der Waals surface area contributed by atoms with Gasteiger partial charge in [-0.25, -0.2) is 4.98 Å². The number of aryl methyl sites for hydroxylation is 1. The van der Waals surface area contributed by atoms with Crippen LogP contribution >= 0.6 is 11.3 Å². The Labute approximate surface area is 121 Å². The van der Waals surface area contributed by atoms with Gasteiger partial charge in [0.2, 0.25) is 0 Å². The molecule has 4 nitrogen and oxygen atoms in total. The molecule has 0 unspecified atom stereocenters. The van der Waals surface area contributed by atoms with Crippen molar-refractivity contribution in [3.05, 3.63) is 39.8 Å². The van der Waals surface area contributed by atoms with Crippen molar-refractivity contribution in [2.75, 3.05) is 14.2 Å². The number of methoxy groups -OCH3 is 2. The quantitative estimate of drug-likeness (QED) is 0.807. The highest BCUT2D eigenvalue weighted by Gasteiger charge is 2.11. The summed E-state index contributed by atoms with van der Waals surface area (Å²) in [6, 6.07) is 7.73. The Morgan fingerprint density at radius 1 is 1.35 bits per heavy atom. The van der Waals surface area contributed by atoms with Crippen molar-refractivity contribution in [3.8, 4) is 17.6 Å². The van der Waals surface area contributed by atoms with Crippen LogP contribution in [0.4, 0.5) is 0 Å². The predicted molar refractivity (Wildman–Crippen MR) is 79.9 cm³/mol. The largest absolute Gasteiger partial charge is 0.493 e. The van der Waals surface area contributed by atoms with E-state index in [1.807, 2.05) is 30.5 Å². The molecule has 0 saturated heterocycles. The predicted octanol–water partition coefficient (Wildman–Crippen LogP) is 3.53. The van der Waals surface area contributed by atoms with E-state index in [9.17, 15) is 5.26 Å². The highest BCUT2D eigenvalue weighted by atomic mass is 32.1. The average molecular weight is 286 g/mol. The molecule has 5 heteroatoms. The van der Waals surface area contributed by atoms with Crippen LogP contribution in [0.3, 0.4) is 0 Å². The van der Waals surface area contributed by atoms with Gasteiger partial charge in [0.1, 0.15) is 11.1 Å². The fraction of sp³-hybridized carbons (Fsp3) is 0.200. The number of nitriles is 1. The number of rotatable bonds is 4. The molecule has 0 radical (unpaired) electrons. The molecule has 0 bridgehead atoms. The molecule has 2 rings (SSSR count). The van der Waals surface area contributed by atoms with Crippen LogP contribution < -0.4 is 9.47 Å². The third kappa shape index (κ3) is 2.81. The normalized spacial score (nSPS) is 11.0. The van der Waals surface area contributed by atoms with E-state index < -0.39 is 0 Å². The van der Waals surface area contributed by atoms with Crippen molar-refractivity contribution in [2.45, 2.75) is 6.92 Å². The summed E-state index contributed by atoms with van der Waals surface area (Å²) in [5.41, 5.74) is 2.20. The number of hydrogen-bond donors (Lipinski definition) is 0. The zero-order chi connectivity index (χ0) is 14.5. The van der Waals surface area contributed by atoms with Crippen LogP contribution in [0.1, 0.15) is 16.3 Å². The topological polar surface area (TPSA) is 55.1 Å². The monoisotopic (exact) mass is 286 g/mol. The van der Waals surface area contributed by atoms with Gasteiger partial charge in [-0.15, -0.1) is 11.3 Å². The summed E-state index contributed by atoms with van der Waals surface area (Å²) in [5.74, 6) is 1.24. The zero-order valence-corrected chi connectivity index (χ0v) is 12.3. The molecule has 0 aliphatic carbocycles. The molecule has 1 aromatic heterocycles. The second-order valence-corrected chi connectivity index (χ2v) is 4.90. The molecule has 0 fully saturated rings. The lowest BCUT2D eigenvalue weighted by atomic mass is 10.1. The average Bonchev–Trinajstić information content (AvgIpc) is 2.90. The van der Waals surface area contributed by atoms with Crippen molar-refractivity contribution < 1.29 is 9.47 Å². The number of thiazole rings is 1. The van der Waals surface area contributed by atoms with E-state index in [-0.39, 0.29) is 0 Å². The van der Waals surface area contributed by atoms with Crippen LogP contribution in [0.25, 0.3) is 11.6 Å². The molecule has 1 aromatic carbocycles. The standard InChI is InChI=1S/C15H14N2O2S/c1-10-9-20-15(17-10)12(8-16)7-11-5-4-6-13(18-2)14(11)19-3/h4-7,9H,1-3H3/b12-7-. The molecule has 0 atom stereocenters. The van der Waals surface area contributed by atoms with Crippen molar-refractivity contribution in [2.24, 2.45) is 0 Å². The zero-order valence-electron chi connectivity index (χ0n) is 11.5. The van der Waals surface area contributed by atoms with Crippen LogP contribution in [-0.2, 0) is 0 Å². The summed E-state index contributed by atoms with van der Waals surface area (Å²) in [7, 11) is 3.16. The van der Waals surface area contributed by atoms with E-state index in [2.05, 4.69) is 11.1 Å². The summed E-state index contributed by atoms with van der Waals surface area (Å²) in [6.07, 6.45) is 1.76. The fourth-order valence-electron chi connectivity index (χ4n) is 1.80. The third-order valence-corrected chi connectivity index (χ3v) is 3.70. The van der Waals surface area contributed by atoms with E-state index >= 15 is 0 Å². The Morgan fingerprint density at radius 3 is 2.70 bits per heavy atom. The lowest BCUT2D eigenvalue weighted by molar-refractivity contribution is 0.354. The molecule has 0 N–H and O–H groups in total. The van der Waals surface area contributed by atoms with Gasteiger partial charge in [0.05, 0.1) is 19.8 Å². The first-order chi connectivity index (χ1) is 9.69. The molecule has 102 valence electrons. The first kappa shape index (κ1) is 14.1. The fourth-order valence-corrected chi connectivity index (χ4v) is 2.56.